The van der Waals surface area contributed by atoms with Crippen LogP contribution in [-0.2, 0) is 17.6 Å². The third-order valence-electron chi connectivity index (χ3n) is 8.49. The Balaban J connectivity index is 1.23. The number of aliphatic hydroxyl groups is 1. The van der Waals surface area contributed by atoms with Crippen LogP contribution in [0, 0.1) is 17.0 Å². The van der Waals surface area contributed by atoms with Gasteiger partial charge in [0.25, 0.3) is 5.92 Å². The first-order valence-corrected chi connectivity index (χ1v) is 12.3. The second-order valence-electron chi connectivity index (χ2n) is 11.0. The lowest BCUT2D eigenvalue weighted by molar-refractivity contribution is -0.347. The first-order chi connectivity index (χ1) is 17.6. The second-order valence-corrected chi connectivity index (χ2v) is 11.0. The van der Waals surface area contributed by atoms with Gasteiger partial charge in [0.05, 0.1) is 6.54 Å². The molecular weight excluding hydrogens is 490 g/mol. The van der Waals surface area contributed by atoms with Crippen molar-refractivity contribution in [1.29, 1.82) is 0 Å². The maximum absolute atomic E-state index is 16.3. The standard InChI is InChI=1S/C26H27F4N5O2/c1-34-9-8-20(11-34)37-19-5-2-17(3-6-19)23-12-24(13-23,14-23)26(29,30)25(36,15-35-16-31-32-33-35)21-7-4-18(27)10-22(21)28/h2-7,10,16,20,36H,8-9,11-15H2,1H3/t20-,23?,24?,25+/m1/s1. The van der Waals surface area contributed by atoms with Crippen LogP contribution in [0.25, 0.3) is 0 Å². The van der Waals surface area contributed by atoms with Gasteiger partial charge in [0.1, 0.15) is 29.8 Å². The van der Waals surface area contributed by atoms with E-state index in [9.17, 15) is 13.9 Å². The molecule has 4 aliphatic rings. The number of hydrogen-bond acceptors (Lipinski definition) is 6. The zero-order chi connectivity index (χ0) is 26.1. The Hall–Kier alpha value is -3.05. The molecular formula is C26H27F4N5O2. The average Bonchev–Trinajstić information content (AvgIpc) is 3.44. The summed E-state index contributed by atoms with van der Waals surface area (Å²) in [6.45, 7) is 1.07. The third kappa shape index (κ3) is 3.65. The molecule has 3 aromatic rings. The molecule has 11 heteroatoms. The molecule has 3 aliphatic carbocycles. The molecule has 2 heterocycles. The maximum Gasteiger partial charge on any atom is 0.287 e. The van der Waals surface area contributed by atoms with Crippen LogP contribution in [0.15, 0.2) is 48.8 Å². The summed E-state index contributed by atoms with van der Waals surface area (Å²) in [5, 5.41) is 21.9. The number of hydrogen-bond donors (Lipinski definition) is 1. The molecule has 0 unspecified atom stereocenters. The molecule has 1 aromatic heterocycles. The summed E-state index contributed by atoms with van der Waals surface area (Å²) in [5.74, 6) is -5.17. The van der Waals surface area contributed by atoms with E-state index in [1.807, 2.05) is 24.3 Å². The van der Waals surface area contributed by atoms with Crippen LogP contribution in [0.1, 0.15) is 36.8 Å². The van der Waals surface area contributed by atoms with Gasteiger partial charge in [-0.2, -0.15) is 0 Å². The summed E-state index contributed by atoms with van der Waals surface area (Å²) < 4.78 is 67.9. The monoisotopic (exact) mass is 517 g/mol. The number of nitrogens with zero attached hydrogens (tertiary/aromatic N) is 5. The minimum Gasteiger partial charge on any atom is -0.489 e. The molecule has 3 saturated carbocycles. The van der Waals surface area contributed by atoms with Crippen LogP contribution in [-0.4, -0.2) is 62.4 Å². The highest BCUT2D eigenvalue weighted by atomic mass is 19.3. The molecule has 1 saturated heterocycles. The van der Waals surface area contributed by atoms with E-state index in [1.165, 1.54) is 0 Å². The first kappa shape index (κ1) is 24.3. The van der Waals surface area contributed by atoms with Gasteiger partial charge in [0, 0.05) is 30.1 Å². The van der Waals surface area contributed by atoms with Crippen LogP contribution < -0.4 is 4.74 Å². The smallest absolute Gasteiger partial charge is 0.287 e. The highest BCUT2D eigenvalue weighted by molar-refractivity contribution is 5.44. The van der Waals surface area contributed by atoms with E-state index in [0.29, 0.717) is 6.07 Å². The van der Waals surface area contributed by atoms with Crippen LogP contribution in [0.3, 0.4) is 0 Å². The molecule has 0 spiro atoms. The Bertz CT molecular complexity index is 1280. The minimum absolute atomic E-state index is 0.137. The fourth-order valence-corrected chi connectivity index (χ4v) is 6.60. The average molecular weight is 518 g/mol. The van der Waals surface area contributed by atoms with Crippen molar-refractivity contribution in [3.05, 3.63) is 71.6 Å². The molecule has 196 valence electrons. The van der Waals surface area contributed by atoms with E-state index in [2.05, 4.69) is 27.5 Å². The topological polar surface area (TPSA) is 76.3 Å². The second kappa shape index (κ2) is 8.22. The molecule has 2 bridgehead atoms. The van der Waals surface area contributed by atoms with Crippen LogP contribution in [0.4, 0.5) is 17.6 Å². The van der Waals surface area contributed by atoms with E-state index < -0.39 is 46.1 Å². The van der Waals surface area contributed by atoms with Crippen molar-refractivity contribution in [1.82, 2.24) is 25.1 Å². The van der Waals surface area contributed by atoms with Crippen molar-refractivity contribution in [2.45, 2.75) is 55.3 Å². The predicted molar refractivity (Wildman–Crippen MR) is 124 cm³/mol. The van der Waals surface area contributed by atoms with Gasteiger partial charge in [-0.15, -0.1) is 5.10 Å². The van der Waals surface area contributed by atoms with Gasteiger partial charge in [-0.3, -0.25) is 0 Å². The van der Waals surface area contributed by atoms with E-state index >= 15 is 8.78 Å². The number of benzene rings is 2. The number of halogens is 4. The van der Waals surface area contributed by atoms with Crippen molar-refractivity contribution in [3.8, 4) is 5.75 Å². The highest BCUT2D eigenvalue weighted by Crippen LogP contribution is 2.80. The number of alkyl halides is 2. The van der Waals surface area contributed by atoms with Crippen LogP contribution in [0.2, 0.25) is 0 Å². The summed E-state index contributed by atoms with van der Waals surface area (Å²) in [5.41, 5.74) is -4.68. The van der Waals surface area contributed by atoms with Crippen molar-refractivity contribution in [2.24, 2.45) is 5.41 Å². The number of rotatable bonds is 8. The van der Waals surface area contributed by atoms with E-state index in [1.54, 1.807) is 0 Å². The molecule has 0 amide bonds. The van der Waals surface area contributed by atoms with Gasteiger partial charge >= 0.3 is 0 Å². The lowest BCUT2D eigenvalue weighted by Gasteiger charge is -2.74. The number of likely N-dealkylation sites (N-methyl/N-ethyl adjacent to an activating group) is 1. The van der Waals surface area contributed by atoms with Gasteiger partial charge < -0.3 is 14.7 Å². The number of aromatic nitrogens is 4. The Morgan fingerprint density at radius 3 is 2.43 bits per heavy atom. The van der Waals surface area contributed by atoms with Crippen molar-refractivity contribution >= 4 is 0 Å². The quantitative estimate of drug-likeness (QED) is 0.460. The van der Waals surface area contributed by atoms with Gasteiger partial charge in [-0.1, -0.05) is 12.1 Å². The highest BCUT2D eigenvalue weighted by Gasteiger charge is 2.82. The van der Waals surface area contributed by atoms with E-state index in [0.717, 1.165) is 54.0 Å². The van der Waals surface area contributed by atoms with Crippen LogP contribution >= 0.6 is 0 Å². The molecule has 37 heavy (non-hydrogen) atoms. The summed E-state index contributed by atoms with van der Waals surface area (Å²) in [6, 6.07) is 9.80. The van der Waals surface area contributed by atoms with Gasteiger partial charge in [0.15, 0.2) is 5.60 Å². The molecule has 2 atom stereocenters. The summed E-state index contributed by atoms with van der Waals surface area (Å²) in [4.78, 5) is 2.21. The predicted octanol–water partition coefficient (Wildman–Crippen LogP) is 3.68. The Kier molecular flexibility index (Phi) is 5.40. The molecule has 7 nitrogen and oxygen atoms in total. The summed E-state index contributed by atoms with van der Waals surface area (Å²) in [7, 11) is 2.05. The van der Waals surface area contributed by atoms with Gasteiger partial charge in [0.2, 0.25) is 0 Å². The number of tetrazole rings is 1. The normalized spacial score (nSPS) is 28.9. The van der Waals surface area contributed by atoms with Gasteiger partial charge in [-0.25, -0.2) is 22.2 Å². The molecule has 7 rings (SSSR count). The maximum atomic E-state index is 16.3. The van der Waals surface area contributed by atoms with E-state index in [4.69, 9.17) is 4.74 Å². The molecule has 1 N–H and O–H groups in total. The fourth-order valence-electron chi connectivity index (χ4n) is 6.60. The molecule has 4 fully saturated rings. The lowest BCUT2D eigenvalue weighted by Crippen LogP contribution is -2.76. The Morgan fingerprint density at radius 1 is 1.11 bits per heavy atom. The zero-order valence-corrected chi connectivity index (χ0v) is 20.2. The van der Waals surface area contributed by atoms with E-state index in [-0.39, 0.29) is 25.4 Å². The lowest BCUT2D eigenvalue weighted by atomic mass is 9.30. The molecule has 2 aromatic carbocycles. The van der Waals surface area contributed by atoms with Crippen molar-refractivity contribution < 1.29 is 27.4 Å². The Labute approximate surface area is 211 Å². The number of ether oxygens (including phenoxy) is 1. The summed E-state index contributed by atoms with van der Waals surface area (Å²) >= 11 is 0. The SMILES string of the molecule is CN1CC[C@@H](Oc2ccc(C34CC(C(F)(F)[C@](O)(Cn5cnnn5)c5ccc(F)cc5F)(C3)C4)cc2)C1. The van der Waals surface area contributed by atoms with Crippen molar-refractivity contribution in [3.63, 3.8) is 0 Å². The number of likely N-dealkylation sites (tertiary alicyclic amines) is 1. The van der Waals surface area contributed by atoms with Gasteiger partial charge in [-0.05, 0) is 78.4 Å². The third-order valence-corrected chi connectivity index (χ3v) is 8.49. The summed E-state index contributed by atoms with van der Waals surface area (Å²) in [6.07, 6.45) is 2.59. The van der Waals surface area contributed by atoms with Crippen molar-refractivity contribution in [2.75, 3.05) is 20.1 Å². The first-order valence-electron chi connectivity index (χ1n) is 12.3. The fraction of sp³-hybridized carbons (Fsp3) is 0.500. The molecule has 1 aliphatic heterocycles. The zero-order valence-electron chi connectivity index (χ0n) is 20.2. The Morgan fingerprint density at radius 2 is 1.84 bits per heavy atom. The van der Waals surface area contributed by atoms with Crippen LogP contribution in [0.5, 0.6) is 5.75 Å². The molecule has 0 radical (unpaired) electrons. The minimum atomic E-state index is -3.75. The largest absolute Gasteiger partial charge is 0.489 e.